The van der Waals surface area contributed by atoms with E-state index < -0.39 is 11.7 Å². The monoisotopic (exact) mass is 602 g/mol. The number of primary amides is 1. The Morgan fingerprint density at radius 3 is 2.27 bits per heavy atom. The van der Waals surface area contributed by atoms with Gasteiger partial charge in [0.2, 0.25) is 0 Å². The smallest absolute Gasteiger partial charge is 0.250 e. The van der Waals surface area contributed by atoms with Crippen molar-refractivity contribution in [3.8, 4) is 0 Å². The molecule has 0 saturated carbocycles. The van der Waals surface area contributed by atoms with E-state index >= 15 is 0 Å². The average molecular weight is 603 g/mol. The SMILES string of the molecule is C=C/C(F)=C(\NC)NC(/C(=C\C=C/C)C(/C)=C/C(C(N)=O)=C(N)\C(=C(/C)CC)c1c(C)ccc2[nH]ncc12)=C(/C)CC.CC. The van der Waals surface area contributed by atoms with Crippen LogP contribution in [0.4, 0.5) is 4.39 Å². The van der Waals surface area contributed by atoms with E-state index in [0.717, 1.165) is 50.4 Å². The Hall–Kier alpha value is -4.59. The summed E-state index contributed by atoms with van der Waals surface area (Å²) in [5.74, 6) is -1.01. The molecule has 44 heavy (non-hydrogen) atoms. The normalized spacial score (nSPS) is 14.6. The van der Waals surface area contributed by atoms with Gasteiger partial charge in [-0.15, -0.1) is 0 Å². The Bertz CT molecular complexity index is 1560. The van der Waals surface area contributed by atoms with Crippen LogP contribution in [-0.4, -0.2) is 23.2 Å². The molecule has 0 spiro atoms. The zero-order chi connectivity index (χ0) is 33.6. The van der Waals surface area contributed by atoms with Gasteiger partial charge in [0.15, 0.2) is 5.83 Å². The van der Waals surface area contributed by atoms with Gasteiger partial charge in [0, 0.05) is 29.3 Å². The van der Waals surface area contributed by atoms with Crippen LogP contribution in [0.5, 0.6) is 0 Å². The number of nitrogens with zero attached hydrogens (tertiary/aromatic N) is 1. The molecule has 1 aromatic heterocycles. The molecule has 0 atom stereocenters. The lowest BCUT2D eigenvalue weighted by Gasteiger charge is -2.21. The first kappa shape index (κ1) is 37.4. The molecule has 0 fully saturated rings. The van der Waals surface area contributed by atoms with E-state index in [4.69, 9.17) is 11.5 Å². The summed E-state index contributed by atoms with van der Waals surface area (Å²) in [7, 11) is 1.63. The predicted molar refractivity (Wildman–Crippen MR) is 186 cm³/mol. The first-order chi connectivity index (χ1) is 21.0. The number of aryl methyl sites for hydroxylation is 1. The number of halogens is 1. The summed E-state index contributed by atoms with van der Waals surface area (Å²) in [6.07, 6.45) is 11.7. The Kier molecular flexibility index (Phi) is 15.4. The van der Waals surface area contributed by atoms with E-state index in [9.17, 15) is 9.18 Å². The lowest BCUT2D eigenvalue weighted by molar-refractivity contribution is -0.114. The molecular formula is C36H51FN6O. The number of aromatic amines is 1. The maximum Gasteiger partial charge on any atom is 0.250 e. The number of amides is 1. The summed E-state index contributed by atoms with van der Waals surface area (Å²) in [6, 6.07) is 3.97. The van der Waals surface area contributed by atoms with E-state index in [1.807, 2.05) is 92.7 Å². The van der Waals surface area contributed by atoms with Crippen LogP contribution in [0.3, 0.4) is 0 Å². The van der Waals surface area contributed by atoms with Crippen molar-refractivity contribution in [3.63, 3.8) is 0 Å². The van der Waals surface area contributed by atoms with Crippen molar-refractivity contribution in [2.45, 2.75) is 75.2 Å². The second kappa shape index (κ2) is 18.2. The molecule has 1 amide bonds. The van der Waals surface area contributed by atoms with Crippen molar-refractivity contribution < 1.29 is 9.18 Å². The van der Waals surface area contributed by atoms with Crippen molar-refractivity contribution in [1.29, 1.82) is 0 Å². The molecule has 2 aromatic rings. The van der Waals surface area contributed by atoms with E-state index in [1.165, 1.54) is 0 Å². The third-order valence-corrected chi connectivity index (χ3v) is 7.25. The summed E-state index contributed by atoms with van der Waals surface area (Å²) in [4.78, 5) is 13.0. The van der Waals surface area contributed by atoms with Gasteiger partial charge in [-0.05, 0) is 88.0 Å². The van der Waals surface area contributed by atoms with Crippen molar-refractivity contribution in [1.82, 2.24) is 20.8 Å². The highest BCUT2D eigenvalue weighted by Gasteiger charge is 2.21. The Labute approximate surface area is 263 Å². The minimum Gasteiger partial charge on any atom is -0.398 e. The van der Waals surface area contributed by atoms with Crippen LogP contribution in [0.25, 0.3) is 16.5 Å². The first-order valence-corrected chi connectivity index (χ1v) is 15.1. The van der Waals surface area contributed by atoms with Gasteiger partial charge in [-0.2, -0.15) is 5.10 Å². The van der Waals surface area contributed by atoms with Crippen molar-refractivity contribution in [2.24, 2.45) is 11.5 Å². The zero-order valence-electron chi connectivity index (χ0n) is 28.1. The molecular weight excluding hydrogens is 551 g/mol. The van der Waals surface area contributed by atoms with Gasteiger partial charge in [0.05, 0.1) is 23.0 Å². The van der Waals surface area contributed by atoms with Crippen LogP contribution in [0.2, 0.25) is 0 Å². The molecule has 0 saturated heterocycles. The lowest BCUT2D eigenvalue weighted by Crippen LogP contribution is -2.26. The molecule has 238 valence electrons. The number of H-pyrrole nitrogens is 1. The number of rotatable bonds is 13. The molecule has 7 nitrogen and oxygen atoms in total. The largest absolute Gasteiger partial charge is 0.398 e. The van der Waals surface area contributed by atoms with Gasteiger partial charge in [0.25, 0.3) is 5.91 Å². The molecule has 8 heteroatoms. The summed E-state index contributed by atoms with van der Waals surface area (Å²) in [5, 5.41) is 14.2. The fourth-order valence-corrected chi connectivity index (χ4v) is 4.58. The van der Waals surface area contributed by atoms with Crippen LogP contribution < -0.4 is 22.1 Å². The van der Waals surface area contributed by atoms with E-state index in [1.54, 1.807) is 19.3 Å². The molecule has 0 aliphatic carbocycles. The van der Waals surface area contributed by atoms with E-state index in [-0.39, 0.29) is 17.1 Å². The molecule has 2 rings (SSSR count). The number of carbonyl (C=O) groups excluding carboxylic acids is 1. The number of fused-ring (bicyclic) bond motifs is 1. The van der Waals surface area contributed by atoms with Crippen LogP contribution in [0.15, 0.2) is 106 Å². The number of nitrogens with one attached hydrogen (secondary N) is 3. The van der Waals surface area contributed by atoms with Crippen molar-refractivity contribution >= 4 is 22.4 Å². The van der Waals surface area contributed by atoms with E-state index in [2.05, 4.69) is 27.4 Å². The molecule has 0 aliphatic heterocycles. The average Bonchev–Trinajstić information content (AvgIpc) is 3.51. The quantitative estimate of drug-likeness (QED) is 0.117. The Morgan fingerprint density at radius 1 is 1.11 bits per heavy atom. The molecule has 0 radical (unpaired) electrons. The highest BCUT2D eigenvalue weighted by atomic mass is 19.1. The third-order valence-electron chi connectivity index (χ3n) is 7.25. The second-order valence-electron chi connectivity index (χ2n) is 10.0. The summed E-state index contributed by atoms with van der Waals surface area (Å²) >= 11 is 0. The van der Waals surface area contributed by atoms with Crippen LogP contribution >= 0.6 is 0 Å². The van der Waals surface area contributed by atoms with Crippen LogP contribution in [0, 0.1) is 6.92 Å². The molecule has 1 heterocycles. The molecule has 0 unspecified atom stereocenters. The summed E-state index contributed by atoms with van der Waals surface area (Å²) in [6.45, 7) is 21.4. The third kappa shape index (κ3) is 8.96. The minimum absolute atomic E-state index is 0.171. The fourth-order valence-electron chi connectivity index (χ4n) is 4.58. The van der Waals surface area contributed by atoms with E-state index in [0.29, 0.717) is 24.1 Å². The van der Waals surface area contributed by atoms with Crippen LogP contribution in [0.1, 0.15) is 79.4 Å². The van der Waals surface area contributed by atoms with Crippen LogP contribution in [-0.2, 0) is 4.79 Å². The van der Waals surface area contributed by atoms with Gasteiger partial charge < -0.3 is 22.1 Å². The summed E-state index contributed by atoms with van der Waals surface area (Å²) < 4.78 is 14.6. The lowest BCUT2D eigenvalue weighted by atomic mass is 9.88. The first-order valence-electron chi connectivity index (χ1n) is 15.1. The minimum atomic E-state index is -0.658. The number of carbonyl (C=O) groups is 1. The van der Waals surface area contributed by atoms with Gasteiger partial charge >= 0.3 is 0 Å². The number of allylic oxidation sites excluding steroid dienone is 9. The van der Waals surface area contributed by atoms with Gasteiger partial charge in [-0.3, -0.25) is 9.89 Å². The number of aromatic nitrogens is 2. The Morgan fingerprint density at radius 2 is 1.75 bits per heavy atom. The Balaban J connectivity index is 0.00000474. The highest BCUT2D eigenvalue weighted by Crippen LogP contribution is 2.35. The predicted octanol–water partition coefficient (Wildman–Crippen LogP) is 8.05. The van der Waals surface area contributed by atoms with Gasteiger partial charge in [0.1, 0.15) is 5.82 Å². The topological polar surface area (TPSA) is 122 Å². The molecule has 1 aromatic carbocycles. The summed E-state index contributed by atoms with van der Waals surface area (Å²) in [5.41, 5.74) is 21.0. The molecule has 7 N–H and O–H groups in total. The number of benzene rings is 1. The molecule has 0 bridgehead atoms. The highest BCUT2D eigenvalue weighted by molar-refractivity contribution is 6.04. The number of hydrogen-bond acceptors (Lipinski definition) is 5. The molecule has 0 aliphatic rings. The number of nitrogens with two attached hydrogens (primary N) is 2. The van der Waals surface area contributed by atoms with Gasteiger partial charge in [-0.1, -0.05) is 64.1 Å². The second-order valence-corrected chi connectivity index (χ2v) is 10.0. The van der Waals surface area contributed by atoms with Crippen molar-refractivity contribution in [3.05, 3.63) is 117 Å². The standard InChI is InChI=1S/C34H45FN6O.C2H6/c1-10-14-15-24(32(21(6)12-3)40-34(38-9)27(35)13-4)23(8)18-25(33(37)42)31(36)30(20(5)11-2)29-22(7)16-17-28-26(29)19-39-41-28;1-2/h10,13-19,38,40H,4,11-12,36H2,1-3,5-9H3,(H2,37,42)(H,39,41);1-2H3/b14-10-,23-18+,24-15-,30-20+,31-25-,32-21-,34-27-;. The number of hydrogen-bond donors (Lipinski definition) is 5. The van der Waals surface area contributed by atoms with Gasteiger partial charge in [-0.25, -0.2) is 4.39 Å². The zero-order valence-corrected chi connectivity index (χ0v) is 28.1. The maximum atomic E-state index is 14.6. The fraction of sp³-hybridized carbons (Fsp3) is 0.333. The maximum absolute atomic E-state index is 14.6. The van der Waals surface area contributed by atoms with Crippen molar-refractivity contribution in [2.75, 3.05) is 7.05 Å².